The fourth-order valence-electron chi connectivity index (χ4n) is 2.66. The molecule has 27 heavy (non-hydrogen) atoms. The van der Waals surface area contributed by atoms with Gasteiger partial charge in [-0.25, -0.2) is 0 Å². The Bertz CT molecular complexity index is 926. The van der Waals surface area contributed by atoms with E-state index >= 15 is 0 Å². The average Bonchev–Trinajstić information content (AvgIpc) is 3.22. The van der Waals surface area contributed by atoms with E-state index in [9.17, 15) is 4.79 Å². The summed E-state index contributed by atoms with van der Waals surface area (Å²) >= 11 is 1.61. The summed E-state index contributed by atoms with van der Waals surface area (Å²) in [6.07, 6.45) is -0.661. The van der Waals surface area contributed by atoms with Gasteiger partial charge in [-0.2, -0.15) is 5.26 Å². The standard InChI is InChI=1S/C22H20N2O2S/c1-15-5-9-18(10-6-15)21(20-4-3-13-27-20)24-22(25)16(2)26-19-11-7-17(14-23)8-12-19/h3-13,16,21H,1-2H3,(H,24,25)/t16-,21+/m1/s1. The number of nitrogens with one attached hydrogen (secondary N) is 1. The predicted molar refractivity (Wildman–Crippen MR) is 107 cm³/mol. The molecule has 0 radical (unpaired) electrons. The van der Waals surface area contributed by atoms with Crippen LogP contribution in [0, 0.1) is 18.3 Å². The number of nitrogens with zero attached hydrogens (tertiary/aromatic N) is 1. The minimum absolute atomic E-state index is 0.196. The van der Waals surface area contributed by atoms with Crippen LogP contribution in [0.3, 0.4) is 0 Å². The number of amides is 1. The molecule has 0 unspecified atom stereocenters. The second-order valence-corrected chi connectivity index (χ2v) is 7.24. The third kappa shape index (κ3) is 4.75. The molecule has 1 amide bonds. The van der Waals surface area contributed by atoms with Crippen LogP contribution in [0.1, 0.15) is 34.5 Å². The Balaban J connectivity index is 1.73. The van der Waals surface area contributed by atoms with Gasteiger partial charge in [0.1, 0.15) is 5.75 Å². The van der Waals surface area contributed by atoms with E-state index in [2.05, 4.69) is 11.4 Å². The van der Waals surface area contributed by atoms with Gasteiger partial charge in [0.25, 0.3) is 5.91 Å². The molecule has 1 N–H and O–H groups in total. The molecule has 0 aliphatic rings. The summed E-state index contributed by atoms with van der Waals surface area (Å²) in [7, 11) is 0. The number of carbonyl (C=O) groups is 1. The van der Waals surface area contributed by atoms with E-state index in [1.54, 1.807) is 42.5 Å². The fraction of sp³-hybridized carbons (Fsp3) is 0.182. The predicted octanol–water partition coefficient (Wildman–Crippen LogP) is 4.60. The summed E-state index contributed by atoms with van der Waals surface area (Å²) in [6.45, 7) is 3.75. The molecule has 1 aromatic heterocycles. The summed E-state index contributed by atoms with van der Waals surface area (Å²) in [5, 5.41) is 14.0. The Morgan fingerprint density at radius 2 is 1.81 bits per heavy atom. The first kappa shape index (κ1) is 18.7. The van der Waals surface area contributed by atoms with Crippen LogP contribution in [-0.4, -0.2) is 12.0 Å². The maximum absolute atomic E-state index is 12.7. The average molecular weight is 376 g/mol. The lowest BCUT2D eigenvalue weighted by Gasteiger charge is -2.21. The van der Waals surface area contributed by atoms with Crippen molar-refractivity contribution in [2.45, 2.75) is 26.0 Å². The highest BCUT2D eigenvalue weighted by atomic mass is 32.1. The number of aryl methyl sites for hydroxylation is 1. The number of ether oxygens (including phenoxy) is 1. The van der Waals surface area contributed by atoms with E-state index < -0.39 is 6.10 Å². The normalized spacial score (nSPS) is 12.6. The zero-order valence-electron chi connectivity index (χ0n) is 15.2. The van der Waals surface area contributed by atoms with E-state index in [1.165, 1.54) is 5.56 Å². The van der Waals surface area contributed by atoms with Crippen molar-refractivity contribution in [3.05, 3.63) is 87.6 Å². The van der Waals surface area contributed by atoms with E-state index in [4.69, 9.17) is 10.00 Å². The lowest BCUT2D eigenvalue weighted by Crippen LogP contribution is -2.38. The molecule has 0 spiro atoms. The first-order valence-electron chi connectivity index (χ1n) is 8.64. The number of rotatable bonds is 6. The highest BCUT2D eigenvalue weighted by Crippen LogP contribution is 2.26. The van der Waals surface area contributed by atoms with Crippen molar-refractivity contribution in [3.63, 3.8) is 0 Å². The molecule has 5 heteroatoms. The molecule has 3 aromatic rings. The van der Waals surface area contributed by atoms with Gasteiger partial charge in [0.05, 0.1) is 17.7 Å². The number of thiophene rings is 1. The van der Waals surface area contributed by atoms with E-state index in [1.807, 2.05) is 48.7 Å². The van der Waals surface area contributed by atoms with E-state index in [-0.39, 0.29) is 11.9 Å². The number of hydrogen-bond acceptors (Lipinski definition) is 4. The summed E-state index contributed by atoms with van der Waals surface area (Å²) in [4.78, 5) is 13.8. The SMILES string of the molecule is Cc1ccc([C@H](NC(=O)[C@@H](C)Oc2ccc(C#N)cc2)c2cccs2)cc1. The Morgan fingerprint density at radius 1 is 1.11 bits per heavy atom. The van der Waals surface area contributed by atoms with E-state index in [0.29, 0.717) is 11.3 Å². The highest BCUT2D eigenvalue weighted by molar-refractivity contribution is 7.10. The van der Waals surface area contributed by atoms with E-state index in [0.717, 1.165) is 10.4 Å². The maximum atomic E-state index is 12.7. The molecule has 0 aliphatic heterocycles. The topological polar surface area (TPSA) is 62.1 Å². The fourth-order valence-corrected chi connectivity index (χ4v) is 3.46. The summed E-state index contributed by atoms with van der Waals surface area (Å²) in [5.41, 5.74) is 2.76. The monoisotopic (exact) mass is 376 g/mol. The van der Waals surface area contributed by atoms with Crippen LogP contribution in [0.15, 0.2) is 66.0 Å². The molecule has 1 heterocycles. The van der Waals surface area contributed by atoms with Crippen LogP contribution in [0.2, 0.25) is 0 Å². The van der Waals surface area contributed by atoms with Crippen molar-refractivity contribution in [1.82, 2.24) is 5.32 Å². The van der Waals surface area contributed by atoms with Gasteiger partial charge < -0.3 is 10.1 Å². The van der Waals surface area contributed by atoms with Crippen LogP contribution < -0.4 is 10.1 Å². The van der Waals surface area contributed by atoms with Gasteiger partial charge in [0.15, 0.2) is 6.10 Å². The number of hydrogen-bond donors (Lipinski definition) is 1. The van der Waals surface area contributed by atoms with Gasteiger partial charge in [-0.05, 0) is 55.1 Å². The minimum Gasteiger partial charge on any atom is -0.481 e. The Kier molecular flexibility index (Phi) is 5.90. The lowest BCUT2D eigenvalue weighted by atomic mass is 10.0. The molecular formula is C22H20N2O2S. The van der Waals surface area contributed by atoms with Crippen molar-refractivity contribution < 1.29 is 9.53 Å². The molecule has 0 bridgehead atoms. The summed E-state index contributed by atoms with van der Waals surface area (Å²) in [6, 6.07) is 20.7. The van der Waals surface area contributed by atoms with Crippen LogP contribution >= 0.6 is 11.3 Å². The Hall–Kier alpha value is -3.10. The van der Waals surface area contributed by atoms with Crippen molar-refractivity contribution in [2.24, 2.45) is 0 Å². The first-order chi connectivity index (χ1) is 13.1. The number of carbonyl (C=O) groups excluding carboxylic acids is 1. The molecule has 2 atom stereocenters. The van der Waals surface area contributed by atoms with Gasteiger partial charge in [0.2, 0.25) is 0 Å². The molecule has 2 aromatic carbocycles. The third-order valence-electron chi connectivity index (χ3n) is 4.19. The molecule has 4 nitrogen and oxygen atoms in total. The van der Waals surface area contributed by atoms with Crippen LogP contribution in [-0.2, 0) is 4.79 Å². The van der Waals surface area contributed by atoms with Gasteiger partial charge in [-0.1, -0.05) is 35.9 Å². The molecule has 3 rings (SSSR count). The van der Waals surface area contributed by atoms with Gasteiger partial charge >= 0.3 is 0 Å². The first-order valence-corrected chi connectivity index (χ1v) is 9.52. The summed E-state index contributed by atoms with van der Waals surface area (Å²) < 4.78 is 5.73. The Morgan fingerprint density at radius 3 is 2.41 bits per heavy atom. The molecular weight excluding hydrogens is 356 g/mol. The smallest absolute Gasteiger partial charge is 0.261 e. The van der Waals surface area contributed by atoms with Crippen LogP contribution in [0.4, 0.5) is 0 Å². The number of nitriles is 1. The van der Waals surface area contributed by atoms with Crippen LogP contribution in [0.25, 0.3) is 0 Å². The maximum Gasteiger partial charge on any atom is 0.261 e. The minimum atomic E-state index is -0.661. The van der Waals surface area contributed by atoms with Crippen molar-refractivity contribution >= 4 is 17.2 Å². The van der Waals surface area contributed by atoms with Crippen molar-refractivity contribution in [3.8, 4) is 11.8 Å². The van der Waals surface area contributed by atoms with Gasteiger partial charge in [-0.15, -0.1) is 11.3 Å². The quantitative estimate of drug-likeness (QED) is 0.684. The van der Waals surface area contributed by atoms with Crippen molar-refractivity contribution in [1.29, 1.82) is 5.26 Å². The molecule has 0 saturated carbocycles. The zero-order chi connectivity index (χ0) is 19.2. The lowest BCUT2D eigenvalue weighted by molar-refractivity contribution is -0.127. The second-order valence-electron chi connectivity index (χ2n) is 6.26. The third-order valence-corrected chi connectivity index (χ3v) is 5.13. The Labute approximate surface area is 163 Å². The zero-order valence-corrected chi connectivity index (χ0v) is 16.0. The highest BCUT2D eigenvalue weighted by Gasteiger charge is 2.22. The number of benzene rings is 2. The van der Waals surface area contributed by atoms with Gasteiger partial charge in [0, 0.05) is 4.88 Å². The molecule has 0 aliphatic carbocycles. The molecule has 136 valence electrons. The van der Waals surface area contributed by atoms with Gasteiger partial charge in [-0.3, -0.25) is 4.79 Å². The van der Waals surface area contributed by atoms with Crippen molar-refractivity contribution in [2.75, 3.05) is 0 Å². The summed E-state index contributed by atoms with van der Waals surface area (Å²) in [5.74, 6) is 0.359. The molecule has 0 saturated heterocycles. The van der Waals surface area contributed by atoms with Crippen LogP contribution in [0.5, 0.6) is 5.75 Å². The molecule has 0 fully saturated rings. The second kappa shape index (κ2) is 8.52. The largest absolute Gasteiger partial charge is 0.481 e.